The molecular formula is C20H25ClN4O. The maximum Gasteiger partial charge on any atom is 0.344 e. The van der Waals surface area contributed by atoms with Crippen molar-refractivity contribution in [3.05, 3.63) is 52.8 Å². The number of nitrogens with zero attached hydrogens (tertiary/aromatic N) is 4. The third-order valence-corrected chi connectivity index (χ3v) is 6.12. The zero-order valence-electron chi connectivity index (χ0n) is 15.3. The fraction of sp³-hybridized carbons (Fsp3) is 0.500. The Balaban J connectivity index is 1.33. The zero-order valence-corrected chi connectivity index (χ0v) is 16.1. The molecule has 2 heterocycles. The Bertz CT molecular complexity index is 773. The highest BCUT2D eigenvalue weighted by Gasteiger charge is 2.43. The minimum Gasteiger partial charge on any atom is -0.322 e. The summed E-state index contributed by atoms with van der Waals surface area (Å²) in [7, 11) is 2.20. The first-order valence-electron chi connectivity index (χ1n) is 9.25. The van der Waals surface area contributed by atoms with E-state index in [1.165, 1.54) is 10.2 Å². The first-order valence-corrected chi connectivity index (χ1v) is 9.62. The largest absolute Gasteiger partial charge is 0.344 e. The van der Waals surface area contributed by atoms with Crippen molar-refractivity contribution < 1.29 is 4.79 Å². The lowest BCUT2D eigenvalue weighted by Crippen LogP contribution is -2.36. The number of carbonyl (C=O) groups is 1. The standard InChI is InChI=1S/C20H25ClN4O/c1-14-9-22-25(10-14)20(26)24-12-16-7-19(8-17(16)13-24)23(2)11-15-3-5-18(21)6-4-15/h3-6,9-10,16-17,19H,7-8,11-13H2,1-2H3/t16-,17+,19?. The Morgan fingerprint density at radius 3 is 2.46 bits per heavy atom. The summed E-state index contributed by atoms with van der Waals surface area (Å²) >= 11 is 5.97. The van der Waals surface area contributed by atoms with Gasteiger partial charge in [0.05, 0.1) is 6.20 Å². The lowest BCUT2D eigenvalue weighted by molar-refractivity contribution is 0.192. The second-order valence-corrected chi connectivity index (χ2v) is 8.27. The SMILES string of the molecule is Cc1cnn(C(=O)N2C[C@H]3CC(N(C)Cc4ccc(Cl)cc4)C[C@H]3C2)c1. The predicted octanol–water partition coefficient (Wildman–Crippen LogP) is 3.66. The molecule has 1 saturated carbocycles. The highest BCUT2D eigenvalue weighted by atomic mass is 35.5. The molecule has 0 radical (unpaired) electrons. The van der Waals surface area contributed by atoms with Crippen molar-refractivity contribution in [2.24, 2.45) is 11.8 Å². The summed E-state index contributed by atoms with van der Waals surface area (Å²) in [6.45, 7) is 4.61. The van der Waals surface area contributed by atoms with Crippen LogP contribution in [0.15, 0.2) is 36.7 Å². The number of aromatic nitrogens is 2. The monoisotopic (exact) mass is 372 g/mol. The molecule has 2 aliphatic rings. The van der Waals surface area contributed by atoms with Crippen LogP contribution in [0.25, 0.3) is 0 Å². The minimum absolute atomic E-state index is 0.0126. The molecule has 1 aliphatic heterocycles. The summed E-state index contributed by atoms with van der Waals surface area (Å²) in [6.07, 6.45) is 5.86. The molecule has 1 saturated heterocycles. The van der Waals surface area contributed by atoms with Gasteiger partial charge in [0, 0.05) is 36.9 Å². The fourth-order valence-corrected chi connectivity index (χ4v) is 4.58. The third-order valence-electron chi connectivity index (χ3n) is 5.87. The highest BCUT2D eigenvalue weighted by molar-refractivity contribution is 6.30. The number of benzene rings is 1. The van der Waals surface area contributed by atoms with Gasteiger partial charge in [0.15, 0.2) is 0 Å². The smallest absolute Gasteiger partial charge is 0.322 e. The molecule has 1 amide bonds. The van der Waals surface area contributed by atoms with Crippen molar-refractivity contribution in [1.82, 2.24) is 19.6 Å². The van der Waals surface area contributed by atoms with Gasteiger partial charge < -0.3 is 4.90 Å². The summed E-state index contributed by atoms with van der Waals surface area (Å²) in [6, 6.07) is 8.70. The van der Waals surface area contributed by atoms with Crippen molar-refractivity contribution in [2.75, 3.05) is 20.1 Å². The van der Waals surface area contributed by atoms with Gasteiger partial charge in [-0.15, -0.1) is 0 Å². The van der Waals surface area contributed by atoms with Gasteiger partial charge in [-0.3, -0.25) is 4.90 Å². The molecule has 1 aliphatic carbocycles. The van der Waals surface area contributed by atoms with E-state index in [2.05, 4.69) is 29.2 Å². The maximum atomic E-state index is 12.6. The quantitative estimate of drug-likeness (QED) is 0.825. The van der Waals surface area contributed by atoms with Gasteiger partial charge in [0.25, 0.3) is 0 Å². The summed E-state index contributed by atoms with van der Waals surface area (Å²) in [4.78, 5) is 17.0. The number of aryl methyl sites for hydroxylation is 1. The molecule has 1 unspecified atom stereocenters. The molecule has 26 heavy (non-hydrogen) atoms. The number of halogens is 1. The molecule has 138 valence electrons. The Labute approximate surface area is 159 Å². The molecule has 3 atom stereocenters. The van der Waals surface area contributed by atoms with Gasteiger partial charge in [-0.25, -0.2) is 4.79 Å². The van der Waals surface area contributed by atoms with Crippen LogP contribution in [0.4, 0.5) is 4.79 Å². The van der Waals surface area contributed by atoms with Crippen molar-refractivity contribution in [3.8, 4) is 0 Å². The maximum absolute atomic E-state index is 12.6. The molecule has 4 rings (SSSR count). The van der Waals surface area contributed by atoms with Crippen LogP contribution in [-0.4, -0.2) is 51.8 Å². The van der Waals surface area contributed by atoms with Crippen LogP contribution in [0, 0.1) is 18.8 Å². The van der Waals surface area contributed by atoms with E-state index in [0.717, 1.165) is 43.1 Å². The van der Waals surface area contributed by atoms with Crippen LogP contribution in [0.5, 0.6) is 0 Å². The van der Waals surface area contributed by atoms with Gasteiger partial charge in [-0.05, 0) is 61.9 Å². The van der Waals surface area contributed by atoms with Crippen LogP contribution in [0.2, 0.25) is 5.02 Å². The Morgan fingerprint density at radius 2 is 1.88 bits per heavy atom. The summed E-state index contributed by atoms with van der Waals surface area (Å²) < 4.78 is 1.47. The molecule has 2 aromatic rings. The second-order valence-electron chi connectivity index (χ2n) is 7.84. The van der Waals surface area contributed by atoms with Crippen molar-refractivity contribution in [1.29, 1.82) is 0 Å². The molecule has 0 bridgehead atoms. The summed E-state index contributed by atoms with van der Waals surface area (Å²) in [5.41, 5.74) is 2.31. The van der Waals surface area contributed by atoms with Gasteiger partial charge >= 0.3 is 6.03 Å². The van der Waals surface area contributed by atoms with Crippen molar-refractivity contribution in [3.63, 3.8) is 0 Å². The van der Waals surface area contributed by atoms with Gasteiger partial charge in [-0.1, -0.05) is 23.7 Å². The van der Waals surface area contributed by atoms with Gasteiger partial charge in [-0.2, -0.15) is 9.78 Å². The minimum atomic E-state index is 0.0126. The molecule has 1 aromatic heterocycles. The lowest BCUT2D eigenvalue weighted by atomic mass is 10.0. The number of carbonyl (C=O) groups excluding carboxylic acids is 1. The molecule has 1 aromatic carbocycles. The van der Waals surface area contributed by atoms with Crippen LogP contribution in [-0.2, 0) is 6.54 Å². The van der Waals surface area contributed by atoms with E-state index in [4.69, 9.17) is 11.6 Å². The average Bonchev–Trinajstić information content (AvgIpc) is 3.30. The predicted molar refractivity (Wildman–Crippen MR) is 102 cm³/mol. The number of hydrogen-bond acceptors (Lipinski definition) is 3. The number of likely N-dealkylation sites (tertiary alicyclic amines) is 1. The normalized spacial score (nSPS) is 25.1. The molecule has 2 fully saturated rings. The molecule has 0 spiro atoms. The van der Waals surface area contributed by atoms with E-state index in [0.29, 0.717) is 17.9 Å². The van der Waals surface area contributed by atoms with Gasteiger partial charge in [0.2, 0.25) is 0 Å². The topological polar surface area (TPSA) is 41.4 Å². The van der Waals surface area contributed by atoms with Crippen LogP contribution in [0.3, 0.4) is 0 Å². The Hall–Kier alpha value is -1.85. The third kappa shape index (κ3) is 3.51. The average molecular weight is 373 g/mol. The van der Waals surface area contributed by atoms with E-state index in [9.17, 15) is 4.79 Å². The summed E-state index contributed by atoms with van der Waals surface area (Å²) in [5, 5.41) is 4.94. The van der Waals surface area contributed by atoms with Crippen LogP contribution >= 0.6 is 11.6 Å². The van der Waals surface area contributed by atoms with E-state index >= 15 is 0 Å². The number of rotatable bonds is 3. The molecule has 6 heteroatoms. The molecule has 0 N–H and O–H groups in total. The number of hydrogen-bond donors (Lipinski definition) is 0. The van der Waals surface area contributed by atoms with Crippen LogP contribution < -0.4 is 0 Å². The molecular weight excluding hydrogens is 348 g/mol. The first-order chi connectivity index (χ1) is 12.5. The number of fused-ring (bicyclic) bond motifs is 1. The first kappa shape index (κ1) is 17.6. The van der Waals surface area contributed by atoms with Crippen molar-refractivity contribution in [2.45, 2.75) is 32.4 Å². The van der Waals surface area contributed by atoms with Gasteiger partial charge in [0.1, 0.15) is 0 Å². The van der Waals surface area contributed by atoms with E-state index in [1.807, 2.05) is 24.0 Å². The van der Waals surface area contributed by atoms with E-state index in [-0.39, 0.29) is 6.03 Å². The lowest BCUT2D eigenvalue weighted by Gasteiger charge is -2.26. The highest BCUT2D eigenvalue weighted by Crippen LogP contribution is 2.40. The Kier molecular flexibility index (Phi) is 4.76. The van der Waals surface area contributed by atoms with E-state index < -0.39 is 0 Å². The van der Waals surface area contributed by atoms with E-state index in [1.54, 1.807) is 12.4 Å². The van der Waals surface area contributed by atoms with Crippen LogP contribution in [0.1, 0.15) is 24.0 Å². The Morgan fingerprint density at radius 1 is 1.23 bits per heavy atom. The fourth-order valence-electron chi connectivity index (χ4n) is 4.45. The number of amides is 1. The summed E-state index contributed by atoms with van der Waals surface area (Å²) in [5.74, 6) is 1.21. The second kappa shape index (κ2) is 7.05. The zero-order chi connectivity index (χ0) is 18.3. The molecule has 5 nitrogen and oxygen atoms in total. The van der Waals surface area contributed by atoms with Crippen molar-refractivity contribution >= 4 is 17.6 Å².